The quantitative estimate of drug-likeness (QED) is 0.818. The van der Waals surface area contributed by atoms with Crippen molar-refractivity contribution in [2.24, 2.45) is 0 Å². The van der Waals surface area contributed by atoms with Crippen molar-refractivity contribution in [3.63, 3.8) is 0 Å². The van der Waals surface area contributed by atoms with E-state index in [1.54, 1.807) is 12.1 Å². The fourth-order valence-corrected chi connectivity index (χ4v) is 2.36. The van der Waals surface area contributed by atoms with E-state index >= 15 is 0 Å². The molecular formula is C16H21NO4. The third-order valence-corrected chi connectivity index (χ3v) is 3.53. The number of ether oxygens (including phenoxy) is 2. The molecule has 0 aromatic heterocycles. The first kappa shape index (κ1) is 15.4. The predicted molar refractivity (Wildman–Crippen MR) is 79.2 cm³/mol. The Morgan fingerprint density at radius 2 is 1.81 bits per heavy atom. The van der Waals surface area contributed by atoms with Crippen molar-refractivity contribution in [3.8, 4) is 5.75 Å². The van der Waals surface area contributed by atoms with Gasteiger partial charge in [0.2, 0.25) is 5.91 Å². The number of carbonyl (C=O) groups excluding carboxylic acids is 2. The minimum Gasteiger partial charge on any atom is -0.490 e. The molecule has 0 unspecified atom stereocenters. The molecule has 21 heavy (non-hydrogen) atoms. The Labute approximate surface area is 124 Å². The molecule has 2 rings (SSSR count). The summed E-state index contributed by atoms with van der Waals surface area (Å²) in [5, 5.41) is 2.74. The molecule has 0 saturated heterocycles. The van der Waals surface area contributed by atoms with Crippen LogP contribution in [0.25, 0.3) is 0 Å². The van der Waals surface area contributed by atoms with E-state index in [1.165, 1.54) is 20.0 Å². The lowest BCUT2D eigenvalue weighted by Crippen LogP contribution is -2.14. The predicted octanol–water partition coefficient (Wildman–Crippen LogP) is 2.90. The van der Waals surface area contributed by atoms with Crippen molar-refractivity contribution in [3.05, 3.63) is 24.3 Å². The van der Waals surface area contributed by atoms with Gasteiger partial charge >= 0.3 is 5.97 Å². The Morgan fingerprint density at radius 1 is 1.14 bits per heavy atom. The average Bonchev–Trinajstić information content (AvgIpc) is 3.00. The molecule has 114 valence electrons. The highest BCUT2D eigenvalue weighted by molar-refractivity contribution is 5.92. The summed E-state index contributed by atoms with van der Waals surface area (Å²) in [6.45, 7) is 0. The van der Waals surface area contributed by atoms with Crippen molar-refractivity contribution in [2.45, 2.75) is 44.6 Å². The molecule has 1 N–H and O–H groups in total. The maximum atomic E-state index is 11.6. The molecule has 0 bridgehead atoms. The number of hydrogen-bond acceptors (Lipinski definition) is 4. The normalized spacial score (nSPS) is 14.7. The van der Waals surface area contributed by atoms with Crippen LogP contribution in [0, 0.1) is 0 Å². The Hall–Kier alpha value is -2.04. The van der Waals surface area contributed by atoms with E-state index in [0.717, 1.165) is 18.6 Å². The van der Waals surface area contributed by atoms with Gasteiger partial charge in [0.25, 0.3) is 0 Å². The van der Waals surface area contributed by atoms with E-state index in [1.807, 2.05) is 12.1 Å². The summed E-state index contributed by atoms with van der Waals surface area (Å²) in [5.74, 6) is 0.241. The summed E-state index contributed by atoms with van der Waals surface area (Å²) in [6.07, 6.45) is 5.24. The summed E-state index contributed by atoms with van der Waals surface area (Å²) in [5.41, 5.74) is 0.698. The second-order valence-electron chi connectivity index (χ2n) is 5.17. The molecule has 5 nitrogen and oxygen atoms in total. The summed E-state index contributed by atoms with van der Waals surface area (Å²) in [6, 6.07) is 7.32. The largest absolute Gasteiger partial charge is 0.490 e. The molecule has 0 aliphatic heterocycles. The fraction of sp³-hybridized carbons (Fsp3) is 0.500. The number of rotatable bonds is 6. The minimum absolute atomic E-state index is 0.0885. The number of methoxy groups -OCH3 is 1. The highest BCUT2D eigenvalue weighted by Crippen LogP contribution is 2.25. The third-order valence-electron chi connectivity index (χ3n) is 3.53. The number of benzene rings is 1. The lowest BCUT2D eigenvalue weighted by molar-refractivity contribution is -0.141. The highest BCUT2D eigenvalue weighted by atomic mass is 16.5. The van der Waals surface area contributed by atoms with Crippen LogP contribution >= 0.6 is 0 Å². The molecule has 1 fully saturated rings. The molecule has 1 aliphatic carbocycles. The molecular weight excluding hydrogens is 270 g/mol. The van der Waals surface area contributed by atoms with Gasteiger partial charge in [0.05, 0.1) is 19.6 Å². The lowest BCUT2D eigenvalue weighted by atomic mass is 10.2. The molecule has 0 spiro atoms. The van der Waals surface area contributed by atoms with Crippen LogP contribution in [-0.4, -0.2) is 25.1 Å². The minimum atomic E-state index is -0.384. The number of anilines is 1. The van der Waals surface area contributed by atoms with Crippen LogP contribution < -0.4 is 10.1 Å². The Bertz CT molecular complexity index is 478. The first-order valence-corrected chi connectivity index (χ1v) is 7.31. The number of amides is 1. The molecule has 0 heterocycles. The van der Waals surface area contributed by atoms with Gasteiger partial charge in [-0.1, -0.05) is 0 Å². The molecule has 0 radical (unpaired) electrons. The summed E-state index contributed by atoms with van der Waals surface area (Å²) in [4.78, 5) is 22.6. The zero-order valence-corrected chi connectivity index (χ0v) is 12.3. The maximum absolute atomic E-state index is 11.6. The van der Waals surface area contributed by atoms with Gasteiger partial charge in [-0.3, -0.25) is 9.59 Å². The number of carbonyl (C=O) groups is 2. The Balaban J connectivity index is 1.78. The first-order chi connectivity index (χ1) is 10.2. The van der Waals surface area contributed by atoms with Gasteiger partial charge in [-0.25, -0.2) is 0 Å². The van der Waals surface area contributed by atoms with E-state index in [4.69, 9.17) is 4.74 Å². The SMILES string of the molecule is COC(=O)CCC(=O)Nc1ccc(OC2CCCC2)cc1. The Kier molecular flexibility index (Phi) is 5.60. The Morgan fingerprint density at radius 3 is 2.43 bits per heavy atom. The van der Waals surface area contributed by atoms with Crippen molar-refractivity contribution in [2.75, 3.05) is 12.4 Å². The van der Waals surface area contributed by atoms with Gasteiger partial charge in [0.1, 0.15) is 5.75 Å². The number of esters is 1. The van der Waals surface area contributed by atoms with Crippen LogP contribution in [0.3, 0.4) is 0 Å². The van der Waals surface area contributed by atoms with Crippen molar-refractivity contribution >= 4 is 17.6 Å². The van der Waals surface area contributed by atoms with Crippen molar-refractivity contribution in [1.29, 1.82) is 0 Å². The first-order valence-electron chi connectivity index (χ1n) is 7.31. The van der Waals surface area contributed by atoms with Gasteiger partial charge in [0, 0.05) is 12.1 Å². The fourth-order valence-electron chi connectivity index (χ4n) is 2.36. The van der Waals surface area contributed by atoms with Crippen LogP contribution in [0.15, 0.2) is 24.3 Å². The van der Waals surface area contributed by atoms with Crippen LogP contribution in [0.1, 0.15) is 38.5 Å². The zero-order valence-electron chi connectivity index (χ0n) is 12.3. The molecule has 0 atom stereocenters. The van der Waals surface area contributed by atoms with Crippen LogP contribution in [0.4, 0.5) is 5.69 Å². The van der Waals surface area contributed by atoms with E-state index in [2.05, 4.69) is 10.1 Å². The second-order valence-corrected chi connectivity index (χ2v) is 5.17. The number of nitrogens with one attached hydrogen (secondary N) is 1. The van der Waals surface area contributed by atoms with Crippen LogP contribution in [0.5, 0.6) is 5.75 Å². The lowest BCUT2D eigenvalue weighted by Gasteiger charge is -2.13. The van der Waals surface area contributed by atoms with Crippen molar-refractivity contribution < 1.29 is 19.1 Å². The van der Waals surface area contributed by atoms with Gasteiger partial charge in [0.15, 0.2) is 0 Å². The van der Waals surface area contributed by atoms with Crippen molar-refractivity contribution in [1.82, 2.24) is 0 Å². The van der Waals surface area contributed by atoms with E-state index in [9.17, 15) is 9.59 Å². The molecule has 1 aliphatic rings. The zero-order chi connectivity index (χ0) is 15.1. The van der Waals surface area contributed by atoms with Crippen LogP contribution in [-0.2, 0) is 14.3 Å². The molecule has 5 heteroatoms. The summed E-state index contributed by atoms with van der Waals surface area (Å²) < 4.78 is 10.3. The number of hydrogen-bond donors (Lipinski definition) is 1. The molecule has 1 saturated carbocycles. The van der Waals surface area contributed by atoms with Gasteiger partial charge in [-0.05, 0) is 49.9 Å². The highest BCUT2D eigenvalue weighted by Gasteiger charge is 2.16. The monoisotopic (exact) mass is 291 g/mol. The van der Waals surface area contributed by atoms with Gasteiger partial charge in [-0.2, -0.15) is 0 Å². The maximum Gasteiger partial charge on any atom is 0.306 e. The van der Waals surface area contributed by atoms with Crippen LogP contribution in [0.2, 0.25) is 0 Å². The second kappa shape index (κ2) is 7.67. The summed E-state index contributed by atoms with van der Waals surface area (Å²) in [7, 11) is 1.31. The third kappa shape index (κ3) is 5.10. The molecule has 1 aromatic rings. The topological polar surface area (TPSA) is 64.6 Å². The smallest absolute Gasteiger partial charge is 0.306 e. The van der Waals surface area contributed by atoms with Gasteiger partial charge in [-0.15, -0.1) is 0 Å². The van der Waals surface area contributed by atoms with E-state index < -0.39 is 0 Å². The molecule has 1 aromatic carbocycles. The summed E-state index contributed by atoms with van der Waals surface area (Å²) >= 11 is 0. The average molecular weight is 291 g/mol. The van der Waals surface area contributed by atoms with Gasteiger partial charge < -0.3 is 14.8 Å². The standard InChI is InChI=1S/C16H21NO4/c1-20-16(19)11-10-15(18)17-12-6-8-14(9-7-12)21-13-4-2-3-5-13/h6-9,13H,2-5,10-11H2,1H3,(H,17,18). The van der Waals surface area contributed by atoms with E-state index in [-0.39, 0.29) is 24.7 Å². The van der Waals surface area contributed by atoms with E-state index in [0.29, 0.717) is 11.8 Å². The molecule has 1 amide bonds.